The van der Waals surface area contributed by atoms with E-state index in [4.69, 9.17) is 0 Å². The molecule has 4 nitrogen and oxygen atoms in total. The Bertz CT molecular complexity index is 465. The molecule has 1 atom stereocenters. The Morgan fingerprint density at radius 2 is 2.00 bits per heavy atom. The number of hydrogen-bond donors (Lipinski definition) is 0. The number of carbonyl (C=O) groups excluding carboxylic acids is 1. The molecule has 0 bridgehead atoms. The van der Waals surface area contributed by atoms with Gasteiger partial charge in [0.25, 0.3) is 5.91 Å². The van der Waals surface area contributed by atoms with E-state index in [2.05, 4.69) is 16.8 Å². The SMILES string of the molecule is C[C@H]1CCCN(C(=O)c2ccc(N3CCCC3)nc2)C1. The van der Waals surface area contributed by atoms with Gasteiger partial charge in [-0.25, -0.2) is 4.98 Å². The molecule has 4 heteroatoms. The summed E-state index contributed by atoms with van der Waals surface area (Å²) in [6.07, 6.45) is 6.58. The minimum absolute atomic E-state index is 0.136. The first-order valence-corrected chi connectivity index (χ1v) is 7.74. The summed E-state index contributed by atoms with van der Waals surface area (Å²) in [7, 11) is 0. The van der Waals surface area contributed by atoms with Gasteiger partial charge in [-0.15, -0.1) is 0 Å². The molecule has 0 unspecified atom stereocenters. The highest BCUT2D eigenvalue weighted by Crippen LogP contribution is 2.20. The van der Waals surface area contributed by atoms with Crippen LogP contribution in [0.4, 0.5) is 5.82 Å². The first-order chi connectivity index (χ1) is 9.74. The van der Waals surface area contributed by atoms with Gasteiger partial charge in [0.1, 0.15) is 5.82 Å². The summed E-state index contributed by atoms with van der Waals surface area (Å²) < 4.78 is 0. The molecule has 1 amide bonds. The maximum atomic E-state index is 12.5. The van der Waals surface area contributed by atoms with Crippen LogP contribution in [0.15, 0.2) is 18.3 Å². The number of carbonyl (C=O) groups is 1. The van der Waals surface area contributed by atoms with Crippen molar-refractivity contribution >= 4 is 11.7 Å². The van der Waals surface area contributed by atoms with Crippen LogP contribution in [0.25, 0.3) is 0 Å². The van der Waals surface area contributed by atoms with E-state index in [0.717, 1.165) is 44.0 Å². The van der Waals surface area contributed by atoms with Crippen LogP contribution >= 0.6 is 0 Å². The van der Waals surface area contributed by atoms with Gasteiger partial charge in [-0.2, -0.15) is 0 Å². The molecular weight excluding hydrogens is 250 g/mol. The number of aromatic nitrogens is 1. The maximum Gasteiger partial charge on any atom is 0.255 e. The molecule has 0 N–H and O–H groups in total. The molecule has 0 aromatic carbocycles. The number of piperidine rings is 1. The zero-order valence-corrected chi connectivity index (χ0v) is 12.2. The van der Waals surface area contributed by atoms with Crippen molar-refractivity contribution in [3.8, 4) is 0 Å². The summed E-state index contributed by atoms with van der Waals surface area (Å²) >= 11 is 0. The molecule has 0 radical (unpaired) electrons. The van der Waals surface area contributed by atoms with E-state index < -0.39 is 0 Å². The largest absolute Gasteiger partial charge is 0.357 e. The van der Waals surface area contributed by atoms with Crippen LogP contribution in [0.2, 0.25) is 0 Å². The van der Waals surface area contributed by atoms with Gasteiger partial charge in [0.15, 0.2) is 0 Å². The molecule has 108 valence electrons. The zero-order valence-electron chi connectivity index (χ0n) is 12.2. The lowest BCUT2D eigenvalue weighted by atomic mass is 10.00. The molecule has 0 saturated carbocycles. The highest BCUT2D eigenvalue weighted by molar-refractivity contribution is 5.94. The third kappa shape index (κ3) is 2.79. The Kier molecular flexibility index (Phi) is 3.90. The fraction of sp³-hybridized carbons (Fsp3) is 0.625. The minimum Gasteiger partial charge on any atom is -0.357 e. The van der Waals surface area contributed by atoms with E-state index in [1.165, 1.54) is 19.3 Å². The predicted molar refractivity (Wildman–Crippen MR) is 80.0 cm³/mol. The quantitative estimate of drug-likeness (QED) is 0.831. The van der Waals surface area contributed by atoms with Crippen LogP contribution in [0.5, 0.6) is 0 Å². The number of likely N-dealkylation sites (tertiary alicyclic amines) is 1. The Labute approximate surface area is 120 Å². The molecule has 20 heavy (non-hydrogen) atoms. The summed E-state index contributed by atoms with van der Waals surface area (Å²) in [5.74, 6) is 1.76. The number of amides is 1. The highest BCUT2D eigenvalue weighted by atomic mass is 16.2. The van der Waals surface area contributed by atoms with Crippen molar-refractivity contribution in [1.82, 2.24) is 9.88 Å². The molecular formula is C16H23N3O. The molecule has 2 fully saturated rings. The second-order valence-corrected chi connectivity index (χ2v) is 6.10. The molecule has 3 rings (SSSR count). The third-order valence-electron chi connectivity index (χ3n) is 4.37. The summed E-state index contributed by atoms with van der Waals surface area (Å²) in [4.78, 5) is 21.2. The molecule has 0 aliphatic carbocycles. The zero-order chi connectivity index (χ0) is 13.9. The average molecular weight is 273 g/mol. The van der Waals surface area contributed by atoms with Crippen molar-refractivity contribution in [2.45, 2.75) is 32.6 Å². The van der Waals surface area contributed by atoms with E-state index in [9.17, 15) is 4.79 Å². The third-order valence-corrected chi connectivity index (χ3v) is 4.37. The summed E-state index contributed by atoms with van der Waals surface area (Å²) in [5.41, 5.74) is 0.724. The maximum absolute atomic E-state index is 12.5. The van der Waals surface area contributed by atoms with Crippen LogP contribution < -0.4 is 4.90 Å². The fourth-order valence-corrected chi connectivity index (χ4v) is 3.20. The average Bonchev–Trinajstić information content (AvgIpc) is 3.01. The minimum atomic E-state index is 0.136. The lowest BCUT2D eigenvalue weighted by Gasteiger charge is -2.31. The van der Waals surface area contributed by atoms with Gasteiger partial charge in [-0.05, 0) is 43.7 Å². The lowest BCUT2D eigenvalue weighted by molar-refractivity contribution is 0.0682. The van der Waals surface area contributed by atoms with Crippen LogP contribution in [0.3, 0.4) is 0 Å². The van der Waals surface area contributed by atoms with Crippen molar-refractivity contribution in [3.63, 3.8) is 0 Å². The molecule has 2 saturated heterocycles. The van der Waals surface area contributed by atoms with Gasteiger partial charge in [0.2, 0.25) is 0 Å². The topological polar surface area (TPSA) is 36.4 Å². The lowest BCUT2D eigenvalue weighted by Crippen LogP contribution is -2.39. The summed E-state index contributed by atoms with van der Waals surface area (Å²) in [5, 5.41) is 0. The van der Waals surface area contributed by atoms with E-state index in [-0.39, 0.29) is 5.91 Å². The van der Waals surface area contributed by atoms with E-state index in [1.54, 1.807) is 6.20 Å². The molecule has 1 aromatic heterocycles. The summed E-state index contributed by atoms with van der Waals surface area (Å²) in [6, 6.07) is 3.92. The van der Waals surface area contributed by atoms with Gasteiger partial charge in [-0.1, -0.05) is 6.92 Å². The second kappa shape index (κ2) is 5.81. The number of pyridine rings is 1. The van der Waals surface area contributed by atoms with Gasteiger partial charge in [0, 0.05) is 32.4 Å². The van der Waals surface area contributed by atoms with E-state index in [0.29, 0.717) is 5.92 Å². The van der Waals surface area contributed by atoms with E-state index >= 15 is 0 Å². The van der Waals surface area contributed by atoms with Crippen molar-refractivity contribution in [2.24, 2.45) is 5.92 Å². The molecule has 0 spiro atoms. The molecule has 3 heterocycles. The standard InChI is InChI=1S/C16H23N3O/c1-13-5-4-10-19(12-13)16(20)14-6-7-15(17-11-14)18-8-2-3-9-18/h6-7,11,13H,2-5,8-10,12H2,1H3/t13-/m0/s1. The van der Waals surface area contributed by atoms with Crippen molar-refractivity contribution < 1.29 is 4.79 Å². The first kappa shape index (κ1) is 13.4. The van der Waals surface area contributed by atoms with Gasteiger partial charge < -0.3 is 9.80 Å². The normalized spacial score (nSPS) is 23.1. The summed E-state index contributed by atoms with van der Waals surface area (Å²) in [6.45, 7) is 6.16. The Balaban J connectivity index is 1.68. The Morgan fingerprint density at radius 3 is 2.65 bits per heavy atom. The molecule has 2 aliphatic heterocycles. The first-order valence-electron chi connectivity index (χ1n) is 7.74. The van der Waals surface area contributed by atoms with Crippen molar-refractivity contribution in [1.29, 1.82) is 0 Å². The van der Waals surface area contributed by atoms with Crippen LogP contribution in [-0.4, -0.2) is 42.0 Å². The predicted octanol–water partition coefficient (Wildman–Crippen LogP) is 2.55. The Hall–Kier alpha value is -1.58. The van der Waals surface area contributed by atoms with Crippen LogP contribution in [0.1, 0.15) is 43.0 Å². The van der Waals surface area contributed by atoms with Crippen LogP contribution in [0, 0.1) is 5.92 Å². The number of hydrogen-bond acceptors (Lipinski definition) is 3. The number of rotatable bonds is 2. The smallest absolute Gasteiger partial charge is 0.255 e. The number of anilines is 1. The fourth-order valence-electron chi connectivity index (χ4n) is 3.20. The van der Waals surface area contributed by atoms with Gasteiger partial charge in [0.05, 0.1) is 5.56 Å². The van der Waals surface area contributed by atoms with Crippen LogP contribution in [-0.2, 0) is 0 Å². The van der Waals surface area contributed by atoms with Gasteiger partial charge in [-0.3, -0.25) is 4.79 Å². The number of nitrogens with zero attached hydrogens (tertiary/aromatic N) is 3. The van der Waals surface area contributed by atoms with Crippen molar-refractivity contribution in [3.05, 3.63) is 23.9 Å². The molecule has 2 aliphatic rings. The monoisotopic (exact) mass is 273 g/mol. The molecule has 1 aromatic rings. The Morgan fingerprint density at radius 1 is 1.20 bits per heavy atom. The van der Waals surface area contributed by atoms with Crippen molar-refractivity contribution in [2.75, 3.05) is 31.1 Å². The van der Waals surface area contributed by atoms with Gasteiger partial charge >= 0.3 is 0 Å². The second-order valence-electron chi connectivity index (χ2n) is 6.10. The van der Waals surface area contributed by atoms with E-state index in [1.807, 2.05) is 17.0 Å². The highest BCUT2D eigenvalue weighted by Gasteiger charge is 2.22.